The molecular weight excluding hydrogens is 298 g/mol. The minimum atomic E-state index is 0.208. The number of nitrogens with zero attached hydrogens (tertiary/aromatic N) is 3. The third-order valence-electron chi connectivity index (χ3n) is 5.42. The molecule has 1 aliphatic carbocycles. The van der Waals surface area contributed by atoms with E-state index < -0.39 is 0 Å². The fraction of sp³-hybridized carbons (Fsp3) is 0.500. The van der Waals surface area contributed by atoms with Gasteiger partial charge in [0.25, 0.3) is 5.91 Å². The quantitative estimate of drug-likeness (QED) is 0.810. The first-order valence-corrected chi connectivity index (χ1v) is 9.03. The van der Waals surface area contributed by atoms with Crippen LogP contribution < -0.4 is 0 Å². The second-order valence-corrected chi connectivity index (χ2v) is 7.24. The van der Waals surface area contributed by atoms with Crippen LogP contribution in [0.15, 0.2) is 18.2 Å². The standard InChI is InChI=1S/C20H25N3O/c1-14-7-8-18-16(13-14)19(15-5-3-4-6-17(15)21-18)20(24)23-11-9-22(2)10-12-23/h7-8,13H,3-6,9-12H2,1-2H3. The van der Waals surface area contributed by atoms with E-state index in [1.807, 2.05) is 4.90 Å². The van der Waals surface area contributed by atoms with E-state index in [9.17, 15) is 4.79 Å². The lowest BCUT2D eigenvalue weighted by molar-refractivity contribution is 0.0664. The van der Waals surface area contributed by atoms with Gasteiger partial charge in [-0.05, 0) is 57.4 Å². The van der Waals surface area contributed by atoms with E-state index in [1.165, 1.54) is 17.5 Å². The topological polar surface area (TPSA) is 36.4 Å². The summed E-state index contributed by atoms with van der Waals surface area (Å²) >= 11 is 0. The molecule has 4 nitrogen and oxygen atoms in total. The highest BCUT2D eigenvalue weighted by molar-refractivity contribution is 6.08. The highest BCUT2D eigenvalue weighted by atomic mass is 16.2. The summed E-state index contributed by atoms with van der Waals surface area (Å²) in [6.07, 6.45) is 4.33. The third kappa shape index (κ3) is 2.69. The summed E-state index contributed by atoms with van der Waals surface area (Å²) in [5, 5.41) is 1.04. The molecule has 24 heavy (non-hydrogen) atoms. The Morgan fingerprint density at radius 1 is 1.08 bits per heavy atom. The van der Waals surface area contributed by atoms with Gasteiger partial charge >= 0.3 is 0 Å². The number of carbonyl (C=O) groups is 1. The first-order chi connectivity index (χ1) is 11.6. The van der Waals surface area contributed by atoms with Gasteiger partial charge in [0, 0.05) is 37.3 Å². The molecule has 0 bridgehead atoms. The van der Waals surface area contributed by atoms with Crippen LogP contribution in [0, 0.1) is 6.92 Å². The number of fused-ring (bicyclic) bond motifs is 2. The Hall–Kier alpha value is -1.94. The summed E-state index contributed by atoms with van der Waals surface area (Å²) in [7, 11) is 2.12. The van der Waals surface area contributed by atoms with Gasteiger partial charge in [-0.25, -0.2) is 0 Å². The largest absolute Gasteiger partial charge is 0.336 e. The summed E-state index contributed by atoms with van der Waals surface area (Å²) in [5.74, 6) is 0.208. The smallest absolute Gasteiger partial charge is 0.254 e. The van der Waals surface area contributed by atoms with Gasteiger partial charge in [0.15, 0.2) is 0 Å². The third-order valence-corrected chi connectivity index (χ3v) is 5.42. The van der Waals surface area contributed by atoms with Crippen molar-refractivity contribution in [2.24, 2.45) is 0 Å². The Labute approximate surface area is 143 Å². The molecule has 0 unspecified atom stereocenters. The summed E-state index contributed by atoms with van der Waals surface area (Å²) in [6, 6.07) is 6.30. The van der Waals surface area contributed by atoms with Crippen LogP contribution >= 0.6 is 0 Å². The van der Waals surface area contributed by atoms with Crippen LogP contribution in [0.1, 0.15) is 40.0 Å². The number of benzene rings is 1. The predicted octanol–water partition coefficient (Wildman–Crippen LogP) is 2.81. The molecule has 4 heteroatoms. The summed E-state index contributed by atoms with van der Waals surface area (Å²) in [4.78, 5) is 22.6. The molecular formula is C20H25N3O. The van der Waals surface area contributed by atoms with E-state index in [0.717, 1.165) is 67.6 Å². The van der Waals surface area contributed by atoms with Crippen LogP contribution in [-0.2, 0) is 12.8 Å². The number of amides is 1. The SMILES string of the molecule is Cc1ccc2nc3c(c(C(=O)N4CCN(C)CC4)c2c1)CCCC3. The second kappa shape index (κ2) is 6.17. The lowest BCUT2D eigenvalue weighted by Crippen LogP contribution is -2.47. The van der Waals surface area contributed by atoms with Crippen molar-refractivity contribution in [1.82, 2.24) is 14.8 Å². The Morgan fingerprint density at radius 2 is 1.83 bits per heavy atom. The number of pyridine rings is 1. The maximum absolute atomic E-state index is 13.4. The van der Waals surface area contributed by atoms with Crippen LogP contribution in [0.2, 0.25) is 0 Å². The van der Waals surface area contributed by atoms with E-state index in [0.29, 0.717) is 0 Å². The van der Waals surface area contributed by atoms with Crippen LogP contribution in [0.25, 0.3) is 10.9 Å². The number of hydrogen-bond donors (Lipinski definition) is 0. The van der Waals surface area contributed by atoms with Crippen LogP contribution in [0.3, 0.4) is 0 Å². The molecule has 1 aromatic heterocycles. The van der Waals surface area contributed by atoms with Gasteiger partial charge in [-0.1, -0.05) is 11.6 Å². The van der Waals surface area contributed by atoms with Gasteiger partial charge in [-0.15, -0.1) is 0 Å². The molecule has 126 valence electrons. The minimum absolute atomic E-state index is 0.208. The molecule has 1 aliphatic heterocycles. The maximum Gasteiger partial charge on any atom is 0.254 e. The summed E-state index contributed by atoms with van der Waals surface area (Å²) in [6.45, 7) is 5.63. The highest BCUT2D eigenvalue weighted by Gasteiger charge is 2.27. The monoisotopic (exact) mass is 323 g/mol. The zero-order valence-corrected chi connectivity index (χ0v) is 14.6. The number of aryl methyl sites for hydroxylation is 2. The van der Waals surface area contributed by atoms with Crippen molar-refractivity contribution < 1.29 is 4.79 Å². The molecule has 0 N–H and O–H groups in total. The Kier molecular flexibility index (Phi) is 4.01. The van der Waals surface area contributed by atoms with E-state index in [4.69, 9.17) is 4.98 Å². The molecule has 1 aromatic carbocycles. The van der Waals surface area contributed by atoms with Crippen molar-refractivity contribution >= 4 is 16.8 Å². The average molecular weight is 323 g/mol. The van der Waals surface area contributed by atoms with E-state index in [-0.39, 0.29) is 5.91 Å². The summed E-state index contributed by atoms with van der Waals surface area (Å²) in [5.41, 5.74) is 5.45. The van der Waals surface area contributed by atoms with Gasteiger partial charge in [0.05, 0.1) is 11.1 Å². The van der Waals surface area contributed by atoms with Crippen molar-refractivity contribution in [2.75, 3.05) is 33.2 Å². The van der Waals surface area contributed by atoms with Gasteiger partial charge in [-0.2, -0.15) is 0 Å². The molecule has 4 rings (SSSR count). The van der Waals surface area contributed by atoms with Gasteiger partial charge in [0.1, 0.15) is 0 Å². The Bertz CT molecular complexity index is 791. The van der Waals surface area contributed by atoms with Crippen molar-refractivity contribution in [3.05, 3.63) is 40.6 Å². The second-order valence-electron chi connectivity index (χ2n) is 7.24. The molecule has 0 radical (unpaired) electrons. The lowest BCUT2D eigenvalue weighted by atomic mass is 9.89. The van der Waals surface area contributed by atoms with E-state index in [2.05, 4.69) is 37.1 Å². The van der Waals surface area contributed by atoms with Gasteiger partial charge in [0.2, 0.25) is 0 Å². The van der Waals surface area contributed by atoms with Crippen LogP contribution in [0.5, 0.6) is 0 Å². The maximum atomic E-state index is 13.4. The fourth-order valence-corrected chi connectivity index (χ4v) is 3.95. The molecule has 1 amide bonds. The molecule has 0 saturated carbocycles. The molecule has 0 atom stereocenters. The number of rotatable bonds is 1. The molecule has 2 heterocycles. The molecule has 2 aromatic rings. The predicted molar refractivity (Wildman–Crippen MR) is 96.5 cm³/mol. The normalized spacial score (nSPS) is 18.7. The number of likely N-dealkylation sites (N-methyl/N-ethyl adjacent to an activating group) is 1. The lowest BCUT2D eigenvalue weighted by Gasteiger charge is -2.33. The Balaban J connectivity index is 1.85. The van der Waals surface area contributed by atoms with Crippen molar-refractivity contribution in [1.29, 1.82) is 0 Å². The minimum Gasteiger partial charge on any atom is -0.336 e. The van der Waals surface area contributed by atoms with Crippen molar-refractivity contribution in [2.45, 2.75) is 32.6 Å². The van der Waals surface area contributed by atoms with E-state index in [1.54, 1.807) is 0 Å². The molecule has 2 aliphatic rings. The zero-order valence-electron chi connectivity index (χ0n) is 14.6. The molecule has 0 spiro atoms. The number of carbonyl (C=O) groups excluding carboxylic acids is 1. The Morgan fingerprint density at radius 3 is 2.62 bits per heavy atom. The highest BCUT2D eigenvalue weighted by Crippen LogP contribution is 2.31. The first-order valence-electron chi connectivity index (χ1n) is 9.03. The van der Waals surface area contributed by atoms with Crippen molar-refractivity contribution in [3.63, 3.8) is 0 Å². The fourth-order valence-electron chi connectivity index (χ4n) is 3.95. The average Bonchev–Trinajstić information content (AvgIpc) is 2.60. The van der Waals surface area contributed by atoms with Gasteiger partial charge < -0.3 is 9.80 Å². The van der Waals surface area contributed by atoms with Crippen LogP contribution in [0.4, 0.5) is 0 Å². The molecule has 1 fully saturated rings. The van der Waals surface area contributed by atoms with E-state index >= 15 is 0 Å². The summed E-state index contributed by atoms with van der Waals surface area (Å²) < 4.78 is 0. The van der Waals surface area contributed by atoms with Crippen molar-refractivity contribution in [3.8, 4) is 0 Å². The zero-order chi connectivity index (χ0) is 16.7. The first kappa shape index (κ1) is 15.6. The number of hydrogen-bond acceptors (Lipinski definition) is 3. The number of piperazine rings is 1. The van der Waals surface area contributed by atoms with Crippen LogP contribution in [-0.4, -0.2) is 53.9 Å². The van der Waals surface area contributed by atoms with Gasteiger partial charge in [-0.3, -0.25) is 9.78 Å². The number of aromatic nitrogens is 1. The molecule has 1 saturated heterocycles.